The number of amides is 1. The fourth-order valence-electron chi connectivity index (χ4n) is 2.33. The van der Waals surface area contributed by atoms with Crippen LogP contribution in [0.15, 0.2) is 64.4 Å². The van der Waals surface area contributed by atoms with E-state index in [4.69, 9.17) is 0 Å². The van der Waals surface area contributed by atoms with E-state index in [0.29, 0.717) is 13.1 Å². The highest BCUT2D eigenvalue weighted by molar-refractivity contribution is 7.99. The molecule has 24 heavy (non-hydrogen) atoms. The summed E-state index contributed by atoms with van der Waals surface area (Å²) in [5.74, 6) is 0.857. The molecule has 1 aliphatic carbocycles. The summed E-state index contributed by atoms with van der Waals surface area (Å²) < 4.78 is 0. The van der Waals surface area contributed by atoms with Crippen molar-refractivity contribution >= 4 is 30.1 Å². The van der Waals surface area contributed by atoms with E-state index < -0.39 is 0 Å². The summed E-state index contributed by atoms with van der Waals surface area (Å²) in [6.45, 7) is 1.94. The minimum absolute atomic E-state index is 0. The van der Waals surface area contributed by atoms with Crippen LogP contribution in [0.4, 0.5) is 0 Å². The number of carbonyl (C=O) groups is 1. The lowest BCUT2D eigenvalue weighted by molar-refractivity contribution is -0.120. The molecule has 1 aliphatic rings. The van der Waals surface area contributed by atoms with Crippen LogP contribution in [-0.2, 0) is 11.3 Å². The SMILES string of the molecule is Cl.O=C(CNCC1CC1)NCc1ccccc1Sc1ccccc1. The van der Waals surface area contributed by atoms with Crippen molar-refractivity contribution in [1.29, 1.82) is 0 Å². The number of nitrogens with one attached hydrogen (secondary N) is 2. The smallest absolute Gasteiger partial charge is 0.234 e. The van der Waals surface area contributed by atoms with E-state index in [2.05, 4.69) is 34.9 Å². The molecule has 1 fully saturated rings. The summed E-state index contributed by atoms with van der Waals surface area (Å²) in [5.41, 5.74) is 1.15. The molecule has 3 rings (SSSR count). The quantitative estimate of drug-likeness (QED) is 0.748. The van der Waals surface area contributed by atoms with Crippen LogP contribution in [0.1, 0.15) is 18.4 Å². The van der Waals surface area contributed by atoms with E-state index in [9.17, 15) is 4.79 Å². The van der Waals surface area contributed by atoms with Crippen molar-refractivity contribution in [1.82, 2.24) is 10.6 Å². The highest BCUT2D eigenvalue weighted by atomic mass is 35.5. The first kappa shape index (κ1) is 18.8. The largest absolute Gasteiger partial charge is 0.351 e. The first-order valence-corrected chi connectivity index (χ1v) is 8.91. The lowest BCUT2D eigenvalue weighted by Gasteiger charge is -2.11. The van der Waals surface area contributed by atoms with Gasteiger partial charge in [0.05, 0.1) is 6.54 Å². The molecule has 0 atom stereocenters. The van der Waals surface area contributed by atoms with Gasteiger partial charge in [0.2, 0.25) is 5.91 Å². The molecule has 0 aliphatic heterocycles. The second-order valence-corrected chi connectivity index (χ2v) is 6.99. The van der Waals surface area contributed by atoms with Gasteiger partial charge in [0.15, 0.2) is 0 Å². The Hall–Kier alpha value is -1.49. The molecule has 0 unspecified atom stereocenters. The van der Waals surface area contributed by atoms with Crippen molar-refractivity contribution in [3.8, 4) is 0 Å². The van der Waals surface area contributed by atoms with Crippen LogP contribution in [0, 0.1) is 5.92 Å². The summed E-state index contributed by atoms with van der Waals surface area (Å²) in [6, 6.07) is 18.5. The van der Waals surface area contributed by atoms with E-state index in [1.54, 1.807) is 11.8 Å². The average Bonchev–Trinajstić information content (AvgIpc) is 3.39. The van der Waals surface area contributed by atoms with Crippen molar-refractivity contribution in [2.75, 3.05) is 13.1 Å². The van der Waals surface area contributed by atoms with Crippen LogP contribution in [0.5, 0.6) is 0 Å². The maximum atomic E-state index is 11.9. The number of rotatable bonds is 8. The van der Waals surface area contributed by atoms with Gasteiger partial charge in [0.1, 0.15) is 0 Å². The standard InChI is InChI=1S/C19H22N2OS.ClH/c22-19(14-20-12-15-10-11-15)21-13-16-6-4-5-9-18(16)23-17-7-2-1-3-8-17;/h1-9,15,20H,10-14H2,(H,21,22);1H. The molecule has 5 heteroatoms. The summed E-state index contributed by atoms with van der Waals surface area (Å²) in [6.07, 6.45) is 2.61. The van der Waals surface area contributed by atoms with Crippen LogP contribution in [0.25, 0.3) is 0 Å². The van der Waals surface area contributed by atoms with E-state index in [0.717, 1.165) is 18.0 Å². The summed E-state index contributed by atoms with van der Waals surface area (Å²) in [4.78, 5) is 14.3. The molecular weight excluding hydrogens is 340 g/mol. The first-order chi connectivity index (χ1) is 11.3. The van der Waals surface area contributed by atoms with Gasteiger partial charge in [0, 0.05) is 16.3 Å². The second kappa shape index (κ2) is 9.72. The number of carbonyl (C=O) groups excluding carboxylic acids is 1. The van der Waals surface area contributed by atoms with Gasteiger partial charge in [-0.3, -0.25) is 4.79 Å². The van der Waals surface area contributed by atoms with Crippen molar-refractivity contribution in [2.24, 2.45) is 5.92 Å². The molecule has 0 bridgehead atoms. The van der Waals surface area contributed by atoms with E-state index >= 15 is 0 Å². The van der Waals surface area contributed by atoms with Crippen LogP contribution in [-0.4, -0.2) is 19.0 Å². The van der Waals surface area contributed by atoms with Crippen molar-refractivity contribution in [3.05, 3.63) is 60.2 Å². The van der Waals surface area contributed by atoms with E-state index in [1.807, 2.05) is 30.3 Å². The summed E-state index contributed by atoms with van der Waals surface area (Å²) in [7, 11) is 0. The fourth-order valence-corrected chi connectivity index (χ4v) is 3.30. The van der Waals surface area contributed by atoms with E-state index in [1.165, 1.54) is 22.6 Å². The lowest BCUT2D eigenvalue weighted by Crippen LogP contribution is -2.34. The molecule has 2 aromatic rings. The second-order valence-electron chi connectivity index (χ2n) is 5.87. The van der Waals surface area contributed by atoms with Crippen molar-refractivity contribution in [2.45, 2.75) is 29.2 Å². The predicted molar refractivity (Wildman–Crippen MR) is 102 cm³/mol. The van der Waals surface area contributed by atoms with Gasteiger partial charge in [-0.25, -0.2) is 0 Å². The Morgan fingerprint density at radius 3 is 2.50 bits per heavy atom. The zero-order valence-corrected chi connectivity index (χ0v) is 15.2. The molecule has 0 aromatic heterocycles. The third kappa shape index (κ3) is 6.19. The van der Waals surface area contributed by atoms with Crippen LogP contribution < -0.4 is 10.6 Å². The van der Waals surface area contributed by atoms with Gasteiger partial charge in [-0.05, 0) is 49.1 Å². The van der Waals surface area contributed by atoms with Crippen molar-refractivity contribution in [3.63, 3.8) is 0 Å². The Morgan fingerprint density at radius 1 is 1.04 bits per heavy atom. The third-order valence-electron chi connectivity index (χ3n) is 3.84. The molecule has 3 nitrogen and oxygen atoms in total. The van der Waals surface area contributed by atoms with Crippen LogP contribution >= 0.6 is 24.2 Å². The minimum Gasteiger partial charge on any atom is -0.351 e. The Kier molecular flexibility index (Phi) is 7.63. The van der Waals surface area contributed by atoms with Gasteiger partial charge in [-0.1, -0.05) is 48.2 Å². The highest BCUT2D eigenvalue weighted by Gasteiger charge is 2.20. The molecule has 2 N–H and O–H groups in total. The minimum atomic E-state index is 0. The number of benzene rings is 2. The predicted octanol–water partition coefficient (Wildman–Crippen LogP) is 3.88. The van der Waals surface area contributed by atoms with Crippen LogP contribution in [0.3, 0.4) is 0 Å². The van der Waals surface area contributed by atoms with Gasteiger partial charge in [0.25, 0.3) is 0 Å². The Labute approximate surface area is 154 Å². The van der Waals surface area contributed by atoms with Crippen LogP contribution in [0.2, 0.25) is 0 Å². The molecule has 128 valence electrons. The molecule has 0 saturated heterocycles. The van der Waals surface area contributed by atoms with Gasteiger partial charge in [-0.2, -0.15) is 0 Å². The third-order valence-corrected chi connectivity index (χ3v) is 4.96. The Morgan fingerprint density at radius 2 is 1.75 bits per heavy atom. The normalized spacial score (nSPS) is 13.2. The Balaban J connectivity index is 0.00000208. The zero-order chi connectivity index (χ0) is 15.9. The molecule has 2 aromatic carbocycles. The number of hydrogen-bond acceptors (Lipinski definition) is 3. The summed E-state index contributed by atoms with van der Waals surface area (Å²) >= 11 is 1.73. The molecule has 1 saturated carbocycles. The van der Waals surface area contributed by atoms with Gasteiger partial charge >= 0.3 is 0 Å². The first-order valence-electron chi connectivity index (χ1n) is 8.09. The van der Waals surface area contributed by atoms with Gasteiger partial charge in [-0.15, -0.1) is 12.4 Å². The molecule has 0 radical (unpaired) electrons. The fraction of sp³-hybridized carbons (Fsp3) is 0.316. The number of halogens is 1. The van der Waals surface area contributed by atoms with Crippen molar-refractivity contribution < 1.29 is 4.79 Å². The molecular formula is C19H23ClN2OS. The molecule has 0 spiro atoms. The van der Waals surface area contributed by atoms with E-state index in [-0.39, 0.29) is 18.3 Å². The Bertz CT molecular complexity index is 647. The molecule has 1 amide bonds. The zero-order valence-electron chi connectivity index (χ0n) is 13.5. The summed E-state index contributed by atoms with van der Waals surface area (Å²) in [5, 5.41) is 6.23. The molecule has 0 heterocycles. The number of hydrogen-bond donors (Lipinski definition) is 2. The van der Waals surface area contributed by atoms with Gasteiger partial charge < -0.3 is 10.6 Å². The topological polar surface area (TPSA) is 41.1 Å². The lowest BCUT2D eigenvalue weighted by atomic mass is 10.2. The maximum absolute atomic E-state index is 11.9. The monoisotopic (exact) mass is 362 g/mol. The highest BCUT2D eigenvalue weighted by Crippen LogP contribution is 2.30. The maximum Gasteiger partial charge on any atom is 0.234 e. The average molecular weight is 363 g/mol.